The number of amides is 2. The van der Waals surface area contributed by atoms with Crippen molar-refractivity contribution in [3.05, 3.63) is 59.4 Å². The molecule has 1 heterocycles. The van der Waals surface area contributed by atoms with E-state index in [9.17, 15) is 9.59 Å². The number of primary amides is 1. The zero-order valence-electron chi connectivity index (χ0n) is 18.3. The Labute approximate surface area is 183 Å². The molecule has 2 bridgehead atoms. The van der Waals surface area contributed by atoms with E-state index in [-0.39, 0.29) is 22.8 Å². The molecule has 1 aromatic heterocycles. The Balaban J connectivity index is 1.42. The Bertz CT molecular complexity index is 968. The lowest BCUT2D eigenvalue weighted by Gasteiger charge is -2.69. The number of nitrogens with zero attached hydrogens (tertiary/aromatic N) is 1. The molecule has 6 heteroatoms. The van der Waals surface area contributed by atoms with Crippen molar-refractivity contribution < 1.29 is 14.3 Å². The summed E-state index contributed by atoms with van der Waals surface area (Å²) in [4.78, 5) is 29.2. The molecule has 0 saturated heterocycles. The average Bonchev–Trinajstić information content (AvgIpc) is 2.70. The first-order valence-corrected chi connectivity index (χ1v) is 11.1. The molecule has 3 aliphatic carbocycles. The van der Waals surface area contributed by atoms with Crippen molar-refractivity contribution >= 4 is 11.8 Å². The number of unbranched alkanes of at least 4 members (excludes halogenated alkanes) is 1. The Morgan fingerprint density at radius 1 is 1.26 bits per heavy atom. The zero-order chi connectivity index (χ0) is 22.1. The Kier molecular flexibility index (Phi) is 5.73. The van der Waals surface area contributed by atoms with E-state index in [1.165, 1.54) is 0 Å². The van der Waals surface area contributed by atoms with E-state index in [1.807, 2.05) is 18.2 Å². The van der Waals surface area contributed by atoms with Crippen molar-refractivity contribution in [3.8, 4) is 5.75 Å². The van der Waals surface area contributed by atoms with E-state index >= 15 is 0 Å². The average molecular weight is 422 g/mol. The molecule has 1 unspecified atom stereocenters. The second kappa shape index (κ2) is 8.33. The fraction of sp³-hybridized carbons (Fsp3) is 0.480. The van der Waals surface area contributed by atoms with Crippen molar-refractivity contribution in [1.29, 1.82) is 0 Å². The first-order valence-electron chi connectivity index (χ1n) is 11.1. The largest absolute Gasteiger partial charge is 0.497 e. The van der Waals surface area contributed by atoms with Gasteiger partial charge in [-0.15, -0.1) is 0 Å². The lowest BCUT2D eigenvalue weighted by molar-refractivity contribution is -0.177. The van der Waals surface area contributed by atoms with E-state index in [1.54, 1.807) is 25.6 Å². The Hall–Kier alpha value is -2.89. The number of methoxy groups -OCH3 is 1. The molecule has 5 rings (SSSR count). The summed E-state index contributed by atoms with van der Waals surface area (Å²) in [5.41, 5.74) is 7.70. The standard InChI is InChI=1S/C25H31N3O3/c1-3-4-7-18(11-17-6-5-8-19(12-17)31-2)28-23(30)25-14-24(15-25,16-25)21-13-27-10-9-20(21)22(26)29/h5-6,8-10,12-13,18H,3-4,7,11,14-16H2,1-2H3,(H2,26,29)(H,28,30). The van der Waals surface area contributed by atoms with Crippen LogP contribution < -0.4 is 15.8 Å². The van der Waals surface area contributed by atoms with Gasteiger partial charge in [-0.05, 0) is 61.4 Å². The summed E-state index contributed by atoms with van der Waals surface area (Å²) < 4.78 is 5.34. The fourth-order valence-electron chi connectivity index (χ4n) is 5.44. The lowest BCUT2D eigenvalue weighted by atomic mass is 9.33. The molecule has 2 aromatic rings. The maximum Gasteiger partial charge on any atom is 0.249 e. The Morgan fingerprint density at radius 3 is 2.71 bits per heavy atom. The number of carbonyl (C=O) groups excluding carboxylic acids is 2. The summed E-state index contributed by atoms with van der Waals surface area (Å²) in [7, 11) is 1.67. The van der Waals surface area contributed by atoms with Gasteiger partial charge < -0.3 is 15.8 Å². The highest BCUT2D eigenvalue weighted by Gasteiger charge is 2.72. The summed E-state index contributed by atoms with van der Waals surface area (Å²) >= 11 is 0. The Morgan fingerprint density at radius 2 is 2.03 bits per heavy atom. The number of rotatable bonds is 10. The molecule has 6 nitrogen and oxygen atoms in total. The summed E-state index contributed by atoms with van der Waals surface area (Å²) in [6, 6.07) is 9.82. The quantitative estimate of drug-likeness (QED) is 0.614. The molecule has 3 saturated carbocycles. The van der Waals surface area contributed by atoms with Gasteiger partial charge in [0.05, 0.1) is 12.5 Å². The number of nitrogens with two attached hydrogens (primary N) is 1. The molecule has 2 amide bonds. The highest BCUT2D eigenvalue weighted by molar-refractivity contribution is 5.96. The van der Waals surface area contributed by atoms with Crippen LogP contribution in [0.15, 0.2) is 42.7 Å². The van der Waals surface area contributed by atoms with Crippen LogP contribution in [0.5, 0.6) is 5.75 Å². The molecule has 1 aromatic carbocycles. The zero-order valence-corrected chi connectivity index (χ0v) is 18.3. The number of pyridine rings is 1. The normalized spacial score (nSPS) is 24.5. The molecule has 0 spiro atoms. The van der Waals surface area contributed by atoms with Crippen LogP contribution in [0.1, 0.15) is 66.9 Å². The van der Waals surface area contributed by atoms with Gasteiger partial charge in [0.2, 0.25) is 11.8 Å². The highest BCUT2D eigenvalue weighted by Crippen LogP contribution is 2.74. The number of aromatic nitrogens is 1. The highest BCUT2D eigenvalue weighted by atomic mass is 16.5. The van der Waals surface area contributed by atoms with Gasteiger partial charge in [-0.3, -0.25) is 14.6 Å². The van der Waals surface area contributed by atoms with Crippen LogP contribution in [-0.4, -0.2) is 29.9 Å². The number of hydrogen-bond donors (Lipinski definition) is 2. The minimum Gasteiger partial charge on any atom is -0.497 e. The first-order chi connectivity index (χ1) is 14.9. The third kappa shape index (κ3) is 3.91. The molecule has 3 N–H and O–H groups in total. The molecule has 164 valence electrons. The fourth-order valence-corrected chi connectivity index (χ4v) is 5.44. The van der Waals surface area contributed by atoms with Crippen LogP contribution >= 0.6 is 0 Å². The molecule has 1 atom stereocenters. The first kappa shape index (κ1) is 21.3. The minimum atomic E-state index is -0.432. The van der Waals surface area contributed by atoms with Gasteiger partial charge in [-0.1, -0.05) is 31.9 Å². The van der Waals surface area contributed by atoms with Crippen molar-refractivity contribution in [2.75, 3.05) is 7.11 Å². The number of carbonyl (C=O) groups is 2. The molecular weight excluding hydrogens is 390 g/mol. The second-order valence-electron chi connectivity index (χ2n) is 9.24. The van der Waals surface area contributed by atoms with Gasteiger partial charge in [0.25, 0.3) is 0 Å². The van der Waals surface area contributed by atoms with Crippen molar-refractivity contribution in [2.24, 2.45) is 11.1 Å². The van der Waals surface area contributed by atoms with Crippen LogP contribution in [0.3, 0.4) is 0 Å². The third-order valence-electron chi connectivity index (χ3n) is 7.03. The molecule has 31 heavy (non-hydrogen) atoms. The molecule has 3 aliphatic rings. The van der Waals surface area contributed by atoms with E-state index in [4.69, 9.17) is 10.5 Å². The smallest absolute Gasteiger partial charge is 0.249 e. The van der Waals surface area contributed by atoms with E-state index in [0.717, 1.165) is 61.8 Å². The van der Waals surface area contributed by atoms with Crippen molar-refractivity contribution in [1.82, 2.24) is 10.3 Å². The van der Waals surface area contributed by atoms with E-state index in [2.05, 4.69) is 23.3 Å². The van der Waals surface area contributed by atoms with Crippen LogP contribution in [0.25, 0.3) is 0 Å². The van der Waals surface area contributed by atoms with Gasteiger partial charge in [0, 0.05) is 29.4 Å². The summed E-state index contributed by atoms with van der Waals surface area (Å²) in [6.45, 7) is 2.17. The predicted molar refractivity (Wildman–Crippen MR) is 119 cm³/mol. The number of hydrogen-bond acceptors (Lipinski definition) is 4. The molecule has 0 radical (unpaired) electrons. The number of nitrogens with one attached hydrogen (secondary N) is 1. The molecule has 3 fully saturated rings. The van der Waals surface area contributed by atoms with Crippen LogP contribution in [0.4, 0.5) is 0 Å². The maximum atomic E-state index is 13.2. The number of benzene rings is 1. The molecule has 0 aliphatic heterocycles. The van der Waals surface area contributed by atoms with Gasteiger partial charge in [0.1, 0.15) is 5.75 Å². The van der Waals surface area contributed by atoms with Crippen LogP contribution in [0.2, 0.25) is 0 Å². The monoisotopic (exact) mass is 421 g/mol. The lowest BCUT2D eigenvalue weighted by Crippen LogP contribution is -2.71. The maximum absolute atomic E-state index is 13.2. The van der Waals surface area contributed by atoms with Crippen LogP contribution in [0, 0.1) is 5.41 Å². The number of ether oxygens (including phenoxy) is 1. The minimum absolute atomic E-state index is 0.101. The van der Waals surface area contributed by atoms with Gasteiger partial charge >= 0.3 is 0 Å². The van der Waals surface area contributed by atoms with Crippen molar-refractivity contribution in [2.45, 2.75) is 63.3 Å². The summed E-state index contributed by atoms with van der Waals surface area (Å²) in [6.07, 6.45) is 9.53. The van der Waals surface area contributed by atoms with Crippen LogP contribution in [-0.2, 0) is 16.6 Å². The van der Waals surface area contributed by atoms with E-state index in [0.29, 0.717) is 5.56 Å². The molecular formula is C25H31N3O3. The third-order valence-corrected chi connectivity index (χ3v) is 7.03. The van der Waals surface area contributed by atoms with Gasteiger partial charge in [-0.2, -0.15) is 0 Å². The SMILES string of the molecule is CCCCC(Cc1cccc(OC)c1)NC(=O)C12CC(c3cnccc3C(N)=O)(C1)C2. The summed E-state index contributed by atoms with van der Waals surface area (Å²) in [5, 5.41) is 3.34. The topological polar surface area (TPSA) is 94.3 Å². The second-order valence-corrected chi connectivity index (χ2v) is 9.24. The van der Waals surface area contributed by atoms with Gasteiger partial charge in [0.15, 0.2) is 0 Å². The van der Waals surface area contributed by atoms with E-state index < -0.39 is 5.91 Å². The van der Waals surface area contributed by atoms with Gasteiger partial charge in [-0.25, -0.2) is 0 Å². The summed E-state index contributed by atoms with van der Waals surface area (Å²) in [5.74, 6) is 0.544. The van der Waals surface area contributed by atoms with Crippen molar-refractivity contribution in [3.63, 3.8) is 0 Å². The predicted octanol–water partition coefficient (Wildman–Crippen LogP) is 3.53.